The minimum atomic E-state index is -0.651. The monoisotopic (exact) mass is 502 g/mol. The van der Waals surface area contributed by atoms with Gasteiger partial charge in [-0.2, -0.15) is 5.06 Å². The lowest BCUT2D eigenvalue weighted by Crippen LogP contribution is -2.62. The van der Waals surface area contributed by atoms with Gasteiger partial charge in [-0.25, -0.2) is 0 Å². The number of hydrogen-bond donors (Lipinski definition) is 4. The number of nitrogens with zero attached hydrogens (tertiary/aromatic N) is 2. The SMILES string of the molecule is CC1[C@@H](NC(=O)[C@@H]2[C@H](CO)[C@H](CO)ON2Cc2cccc(NCCCN(C)C)c2)C[C@H]2C[C@@H]1C2(C)C. The Morgan fingerprint density at radius 3 is 2.64 bits per heavy atom. The fourth-order valence-electron chi connectivity index (χ4n) is 6.78. The fourth-order valence-corrected chi connectivity index (χ4v) is 6.78. The molecule has 202 valence electrons. The van der Waals surface area contributed by atoms with Crippen LogP contribution in [0.2, 0.25) is 0 Å². The van der Waals surface area contributed by atoms with Gasteiger partial charge in [0.1, 0.15) is 12.1 Å². The van der Waals surface area contributed by atoms with E-state index >= 15 is 0 Å². The van der Waals surface area contributed by atoms with Crippen LogP contribution in [0.15, 0.2) is 24.3 Å². The Morgan fingerprint density at radius 2 is 2.00 bits per heavy atom. The van der Waals surface area contributed by atoms with Gasteiger partial charge in [0.15, 0.2) is 0 Å². The van der Waals surface area contributed by atoms with Crippen molar-refractivity contribution < 1.29 is 19.8 Å². The number of fused-ring (bicyclic) bond motifs is 2. The molecule has 1 saturated heterocycles. The van der Waals surface area contributed by atoms with Gasteiger partial charge in [-0.1, -0.05) is 32.9 Å². The Bertz CT molecular complexity index is 894. The van der Waals surface area contributed by atoms with Crippen LogP contribution in [0.1, 0.15) is 45.6 Å². The average molecular weight is 503 g/mol. The molecule has 4 N–H and O–H groups in total. The van der Waals surface area contributed by atoms with Crippen LogP contribution in [0.3, 0.4) is 0 Å². The minimum absolute atomic E-state index is 0.112. The molecule has 1 aliphatic heterocycles. The molecule has 3 aliphatic carbocycles. The van der Waals surface area contributed by atoms with E-state index in [2.05, 4.69) is 56.5 Å². The number of rotatable bonds is 11. The van der Waals surface area contributed by atoms with Crippen LogP contribution in [0.4, 0.5) is 5.69 Å². The molecular formula is C28H46N4O4. The van der Waals surface area contributed by atoms with Gasteiger partial charge in [-0.3, -0.25) is 9.63 Å². The van der Waals surface area contributed by atoms with Crippen molar-refractivity contribution in [2.45, 2.75) is 64.8 Å². The number of anilines is 1. The molecule has 1 heterocycles. The number of aliphatic hydroxyl groups excluding tert-OH is 2. The second-order valence-corrected chi connectivity index (χ2v) is 12.0. The first-order chi connectivity index (χ1) is 17.1. The number of hydrogen-bond acceptors (Lipinski definition) is 7. The Kier molecular flexibility index (Phi) is 8.62. The minimum Gasteiger partial charge on any atom is -0.396 e. The average Bonchev–Trinajstić information content (AvgIpc) is 3.20. The van der Waals surface area contributed by atoms with Gasteiger partial charge in [-0.15, -0.1) is 0 Å². The molecule has 8 nitrogen and oxygen atoms in total. The van der Waals surface area contributed by atoms with Crippen molar-refractivity contribution in [2.75, 3.05) is 45.7 Å². The zero-order chi connectivity index (χ0) is 26.0. The highest BCUT2D eigenvalue weighted by atomic mass is 16.7. The van der Waals surface area contributed by atoms with E-state index in [1.165, 1.54) is 6.42 Å². The van der Waals surface area contributed by atoms with Crippen LogP contribution < -0.4 is 10.6 Å². The van der Waals surface area contributed by atoms with Crippen LogP contribution in [-0.2, 0) is 16.2 Å². The van der Waals surface area contributed by atoms with E-state index in [-0.39, 0.29) is 25.2 Å². The predicted octanol–water partition coefficient (Wildman–Crippen LogP) is 2.32. The highest BCUT2D eigenvalue weighted by Crippen LogP contribution is 2.61. The molecule has 1 aromatic rings. The highest BCUT2D eigenvalue weighted by molar-refractivity contribution is 5.82. The number of carbonyl (C=O) groups excluding carboxylic acids is 1. The van der Waals surface area contributed by atoms with Crippen LogP contribution >= 0.6 is 0 Å². The molecule has 4 aliphatic rings. The van der Waals surface area contributed by atoms with Crippen molar-refractivity contribution in [1.82, 2.24) is 15.3 Å². The summed E-state index contributed by atoms with van der Waals surface area (Å²) in [5.74, 6) is 1.10. The van der Waals surface area contributed by atoms with E-state index in [1.807, 2.05) is 18.2 Å². The quantitative estimate of drug-likeness (QED) is 0.345. The smallest absolute Gasteiger partial charge is 0.240 e. The van der Waals surface area contributed by atoms with Crippen molar-refractivity contribution >= 4 is 11.6 Å². The number of nitrogens with one attached hydrogen (secondary N) is 2. The van der Waals surface area contributed by atoms with Gasteiger partial charge in [0.05, 0.1) is 19.8 Å². The largest absolute Gasteiger partial charge is 0.396 e. The summed E-state index contributed by atoms with van der Waals surface area (Å²) in [6.45, 7) is 8.81. The van der Waals surface area contributed by atoms with E-state index in [1.54, 1.807) is 5.06 Å². The zero-order valence-electron chi connectivity index (χ0n) is 22.6. The Labute approximate surface area is 216 Å². The first kappa shape index (κ1) is 27.3. The van der Waals surface area contributed by atoms with Crippen molar-refractivity contribution in [3.63, 3.8) is 0 Å². The molecule has 4 fully saturated rings. The van der Waals surface area contributed by atoms with E-state index in [4.69, 9.17) is 4.84 Å². The predicted molar refractivity (Wildman–Crippen MR) is 141 cm³/mol. The van der Waals surface area contributed by atoms with Crippen molar-refractivity contribution in [1.29, 1.82) is 0 Å². The molecular weight excluding hydrogens is 456 g/mol. The summed E-state index contributed by atoms with van der Waals surface area (Å²) in [4.78, 5) is 21.8. The van der Waals surface area contributed by atoms with Gasteiger partial charge in [0.2, 0.25) is 5.91 Å². The lowest BCUT2D eigenvalue weighted by Gasteiger charge is -2.62. The van der Waals surface area contributed by atoms with Crippen molar-refractivity contribution in [3.05, 3.63) is 29.8 Å². The van der Waals surface area contributed by atoms with Gasteiger partial charge in [0, 0.05) is 24.2 Å². The molecule has 5 rings (SSSR count). The van der Waals surface area contributed by atoms with Gasteiger partial charge >= 0.3 is 0 Å². The topological polar surface area (TPSA) is 97.3 Å². The van der Waals surface area contributed by atoms with Gasteiger partial charge in [-0.05, 0) is 80.8 Å². The van der Waals surface area contributed by atoms with E-state index in [9.17, 15) is 15.0 Å². The van der Waals surface area contributed by atoms with Crippen LogP contribution in [0.5, 0.6) is 0 Å². The molecule has 0 aromatic heterocycles. The molecule has 2 bridgehead atoms. The number of carbonyl (C=O) groups is 1. The molecule has 3 saturated carbocycles. The number of amides is 1. The molecule has 1 unspecified atom stereocenters. The van der Waals surface area contributed by atoms with Crippen LogP contribution in [-0.4, -0.2) is 84.7 Å². The van der Waals surface area contributed by atoms with Crippen molar-refractivity contribution in [3.8, 4) is 0 Å². The molecule has 1 amide bonds. The third kappa shape index (κ3) is 5.58. The summed E-state index contributed by atoms with van der Waals surface area (Å²) in [7, 11) is 4.14. The fraction of sp³-hybridized carbons (Fsp3) is 0.750. The molecule has 36 heavy (non-hydrogen) atoms. The second-order valence-electron chi connectivity index (χ2n) is 12.0. The normalized spacial score (nSPS) is 33.4. The van der Waals surface area contributed by atoms with E-state index < -0.39 is 18.1 Å². The molecule has 7 atom stereocenters. The second kappa shape index (κ2) is 11.4. The molecule has 8 heteroatoms. The summed E-state index contributed by atoms with van der Waals surface area (Å²) >= 11 is 0. The lowest BCUT2D eigenvalue weighted by atomic mass is 9.45. The summed E-state index contributed by atoms with van der Waals surface area (Å²) in [5.41, 5.74) is 2.39. The standard InChI is InChI=1S/C28H46N4O4/c1-18-23-13-20(28(23,2)3)14-24(18)30-27(35)26-22(16-33)25(17-34)36-32(26)15-19-8-6-9-21(12-19)29-10-7-11-31(4)5/h6,8-9,12,18,20,22-26,29,33-34H,7,10-11,13-17H2,1-5H3,(H,30,35)/t18?,20-,22-,23+,24+,25+,26+/m1/s1. The van der Waals surface area contributed by atoms with Gasteiger partial charge < -0.3 is 25.7 Å². The Balaban J connectivity index is 1.43. The maximum atomic E-state index is 13.6. The van der Waals surface area contributed by atoms with E-state index in [0.717, 1.165) is 37.2 Å². The molecule has 1 aromatic carbocycles. The maximum absolute atomic E-state index is 13.6. The Hall–Kier alpha value is -1.71. The summed E-state index contributed by atoms with van der Waals surface area (Å²) in [5, 5.41) is 28.5. The summed E-state index contributed by atoms with van der Waals surface area (Å²) < 4.78 is 0. The maximum Gasteiger partial charge on any atom is 0.240 e. The third-order valence-corrected chi connectivity index (χ3v) is 9.18. The number of hydroxylamine groups is 2. The number of benzene rings is 1. The third-order valence-electron chi connectivity index (χ3n) is 9.18. The van der Waals surface area contributed by atoms with Gasteiger partial charge in [0.25, 0.3) is 0 Å². The van der Waals surface area contributed by atoms with Crippen LogP contribution in [0, 0.1) is 29.1 Å². The highest BCUT2D eigenvalue weighted by Gasteiger charge is 2.57. The molecule has 0 spiro atoms. The number of aliphatic hydroxyl groups is 2. The first-order valence-electron chi connectivity index (χ1n) is 13.6. The van der Waals surface area contributed by atoms with Crippen molar-refractivity contribution in [2.24, 2.45) is 29.1 Å². The van der Waals surface area contributed by atoms with Crippen LogP contribution in [0.25, 0.3) is 0 Å². The van der Waals surface area contributed by atoms with E-state index in [0.29, 0.717) is 29.7 Å². The molecule has 0 radical (unpaired) electrons. The summed E-state index contributed by atoms with van der Waals surface area (Å²) in [6, 6.07) is 7.62. The first-order valence-corrected chi connectivity index (χ1v) is 13.6. The zero-order valence-corrected chi connectivity index (χ0v) is 22.6. The lowest BCUT2D eigenvalue weighted by molar-refractivity contribution is -0.183. The summed E-state index contributed by atoms with van der Waals surface area (Å²) in [6.07, 6.45) is 2.70. The Morgan fingerprint density at radius 1 is 1.22 bits per heavy atom.